The third kappa shape index (κ3) is 9.79. The number of primary amides is 1. The minimum Gasteiger partial charge on any atom is -0.363 e. The second-order valence-electron chi connectivity index (χ2n) is 14.6. The van der Waals surface area contributed by atoms with Crippen molar-refractivity contribution in [1.29, 1.82) is 0 Å². The summed E-state index contributed by atoms with van der Waals surface area (Å²) in [5, 5.41) is 9.02. The number of ketones is 1. The van der Waals surface area contributed by atoms with Gasteiger partial charge in [0, 0.05) is 18.0 Å². The van der Waals surface area contributed by atoms with Gasteiger partial charge in [-0.25, -0.2) is 4.79 Å². The zero-order valence-electron chi connectivity index (χ0n) is 28.8. The Bertz CT molecular complexity index is 1200. The van der Waals surface area contributed by atoms with Crippen molar-refractivity contribution in [3.05, 3.63) is 35.9 Å². The van der Waals surface area contributed by atoms with Gasteiger partial charge in [0.05, 0.1) is 6.04 Å². The average Bonchev–Trinajstić information content (AvgIpc) is 3.70. The summed E-state index contributed by atoms with van der Waals surface area (Å²) in [6.07, 6.45) is 9.41. The number of carbonyl (C=O) groups excluding carboxylic acids is 5. The molecule has 5 amide bonds. The van der Waals surface area contributed by atoms with Gasteiger partial charge >= 0.3 is 6.03 Å². The van der Waals surface area contributed by atoms with E-state index in [0.29, 0.717) is 25.8 Å². The SMILES string of the molecule is CC(c1ccccc1)C1(NC(=O)NC(C(=O)N2CCCC2C(=O)NC(CC2CC2)C(=O)C(N)=O)C(C)(C)C)CCCCC1.CCC. The van der Waals surface area contributed by atoms with Crippen LogP contribution in [0.5, 0.6) is 0 Å². The molecule has 10 heteroatoms. The van der Waals surface area contributed by atoms with Crippen molar-refractivity contribution in [1.82, 2.24) is 20.9 Å². The van der Waals surface area contributed by atoms with Gasteiger partial charge in [-0.3, -0.25) is 19.2 Å². The fourth-order valence-electron chi connectivity index (χ4n) is 6.78. The van der Waals surface area contributed by atoms with Crippen molar-refractivity contribution in [3.8, 4) is 0 Å². The van der Waals surface area contributed by atoms with E-state index >= 15 is 0 Å². The summed E-state index contributed by atoms with van der Waals surface area (Å²) < 4.78 is 0. The number of rotatable bonds is 11. The zero-order valence-corrected chi connectivity index (χ0v) is 28.8. The Morgan fingerprint density at radius 1 is 0.935 bits per heavy atom. The number of likely N-dealkylation sites (tertiary alicyclic amines) is 1. The van der Waals surface area contributed by atoms with Crippen LogP contribution in [0.3, 0.4) is 0 Å². The molecule has 1 saturated heterocycles. The van der Waals surface area contributed by atoms with Crippen LogP contribution in [0.15, 0.2) is 30.3 Å². The van der Waals surface area contributed by atoms with Crippen LogP contribution < -0.4 is 21.7 Å². The molecule has 256 valence electrons. The van der Waals surface area contributed by atoms with E-state index in [-0.39, 0.29) is 17.7 Å². The summed E-state index contributed by atoms with van der Waals surface area (Å²) in [7, 11) is 0. The molecule has 1 aromatic carbocycles. The molecule has 2 saturated carbocycles. The maximum atomic E-state index is 14.0. The summed E-state index contributed by atoms with van der Waals surface area (Å²) in [5.74, 6) is -2.34. The van der Waals surface area contributed by atoms with E-state index in [1.54, 1.807) is 0 Å². The van der Waals surface area contributed by atoms with Gasteiger partial charge in [-0.2, -0.15) is 0 Å². The molecule has 4 rings (SSSR count). The second-order valence-corrected chi connectivity index (χ2v) is 14.6. The van der Waals surface area contributed by atoms with Crippen molar-refractivity contribution < 1.29 is 24.0 Å². The summed E-state index contributed by atoms with van der Waals surface area (Å²) >= 11 is 0. The molecule has 4 unspecified atom stereocenters. The van der Waals surface area contributed by atoms with E-state index in [1.807, 2.05) is 39.0 Å². The minimum absolute atomic E-state index is 0.0851. The highest BCUT2D eigenvalue weighted by molar-refractivity contribution is 6.37. The molecule has 3 fully saturated rings. The summed E-state index contributed by atoms with van der Waals surface area (Å²) in [6, 6.07) is 7.12. The summed E-state index contributed by atoms with van der Waals surface area (Å²) in [6.45, 7) is 12.4. The number of nitrogens with two attached hydrogens (primary N) is 1. The molecule has 2 aliphatic carbocycles. The molecular formula is C36H57N5O5. The lowest BCUT2D eigenvalue weighted by Crippen LogP contribution is -2.63. The standard InChI is InChI=1S/C33H49N5O5.C3H8/c1-21(23-12-7-5-8-13-23)33(17-9-6-10-18-33)37-31(43)36-27(32(2,3)4)30(42)38-19-11-14-25(38)29(41)35-24(20-22-15-16-22)26(39)28(34)40;1-3-2/h5,7-8,12-13,21-22,24-25,27H,6,9-11,14-20H2,1-4H3,(H2,34,40)(H,35,41)(H2,36,37,43);3H2,1-2H3. The highest BCUT2D eigenvalue weighted by Gasteiger charge is 2.45. The van der Waals surface area contributed by atoms with Gasteiger partial charge in [0.25, 0.3) is 5.91 Å². The van der Waals surface area contributed by atoms with Gasteiger partial charge in [0.15, 0.2) is 0 Å². The molecule has 3 aliphatic rings. The van der Waals surface area contributed by atoms with Gasteiger partial charge in [-0.05, 0) is 49.0 Å². The fourth-order valence-corrected chi connectivity index (χ4v) is 6.78. The molecule has 0 aromatic heterocycles. The van der Waals surface area contributed by atoms with Crippen molar-refractivity contribution in [2.45, 2.75) is 142 Å². The first kappa shape index (κ1) is 37.0. The van der Waals surface area contributed by atoms with Gasteiger partial charge in [0.1, 0.15) is 12.1 Å². The number of nitrogens with one attached hydrogen (secondary N) is 3. The van der Waals surface area contributed by atoms with Crippen molar-refractivity contribution in [3.63, 3.8) is 0 Å². The molecular weight excluding hydrogens is 582 g/mol. The number of hydrogen-bond donors (Lipinski definition) is 4. The third-order valence-electron chi connectivity index (χ3n) is 9.61. The Kier molecular flexibility index (Phi) is 13.2. The number of Topliss-reactive ketones (excluding diaryl/α,β-unsaturated/α-hetero) is 1. The van der Waals surface area contributed by atoms with E-state index in [9.17, 15) is 24.0 Å². The normalized spacial score (nSPS) is 21.1. The highest BCUT2D eigenvalue weighted by Crippen LogP contribution is 2.40. The van der Waals surface area contributed by atoms with Crippen LogP contribution in [-0.2, 0) is 19.2 Å². The van der Waals surface area contributed by atoms with Crippen LogP contribution in [0.2, 0.25) is 0 Å². The van der Waals surface area contributed by atoms with Crippen LogP contribution in [0.1, 0.15) is 124 Å². The first-order valence-corrected chi connectivity index (χ1v) is 17.3. The molecule has 5 N–H and O–H groups in total. The second kappa shape index (κ2) is 16.4. The largest absolute Gasteiger partial charge is 0.363 e. The van der Waals surface area contributed by atoms with Crippen LogP contribution in [-0.4, -0.2) is 64.6 Å². The fraction of sp³-hybridized carbons (Fsp3) is 0.694. The Labute approximate surface area is 275 Å². The predicted molar refractivity (Wildman–Crippen MR) is 180 cm³/mol. The lowest BCUT2D eigenvalue weighted by atomic mass is 9.71. The van der Waals surface area contributed by atoms with E-state index < -0.39 is 52.7 Å². The molecule has 0 spiro atoms. The lowest BCUT2D eigenvalue weighted by molar-refractivity contribution is -0.143. The van der Waals surface area contributed by atoms with Crippen LogP contribution >= 0.6 is 0 Å². The molecule has 0 bridgehead atoms. The lowest BCUT2D eigenvalue weighted by Gasteiger charge is -2.44. The van der Waals surface area contributed by atoms with Crippen LogP contribution in [0.25, 0.3) is 0 Å². The molecule has 46 heavy (non-hydrogen) atoms. The Balaban J connectivity index is 0.00000185. The molecule has 1 aliphatic heterocycles. The monoisotopic (exact) mass is 639 g/mol. The van der Waals surface area contributed by atoms with E-state index in [4.69, 9.17) is 5.73 Å². The van der Waals surface area contributed by atoms with Gasteiger partial charge in [-0.15, -0.1) is 0 Å². The molecule has 1 aromatic rings. The van der Waals surface area contributed by atoms with Gasteiger partial charge in [-0.1, -0.05) is 110 Å². The van der Waals surface area contributed by atoms with E-state index in [0.717, 1.165) is 50.5 Å². The maximum Gasteiger partial charge on any atom is 0.315 e. The molecule has 1 heterocycles. The van der Waals surface area contributed by atoms with Crippen LogP contribution in [0.4, 0.5) is 4.79 Å². The van der Waals surface area contributed by atoms with Crippen molar-refractivity contribution in [2.24, 2.45) is 17.1 Å². The van der Waals surface area contributed by atoms with E-state index in [1.165, 1.54) is 11.3 Å². The topological polar surface area (TPSA) is 151 Å². The Morgan fingerprint density at radius 3 is 2.09 bits per heavy atom. The van der Waals surface area contributed by atoms with Crippen molar-refractivity contribution in [2.75, 3.05) is 6.54 Å². The number of hydrogen-bond acceptors (Lipinski definition) is 5. The Hall–Kier alpha value is -3.43. The van der Waals surface area contributed by atoms with Crippen LogP contribution in [0, 0.1) is 11.3 Å². The zero-order chi connectivity index (χ0) is 34.1. The van der Waals surface area contributed by atoms with Gasteiger partial charge in [0.2, 0.25) is 17.6 Å². The summed E-state index contributed by atoms with van der Waals surface area (Å²) in [5.41, 5.74) is 5.33. The molecule has 4 atom stereocenters. The maximum absolute atomic E-state index is 14.0. The smallest absolute Gasteiger partial charge is 0.315 e. The van der Waals surface area contributed by atoms with Crippen molar-refractivity contribution >= 4 is 29.5 Å². The highest BCUT2D eigenvalue weighted by atomic mass is 16.2. The number of benzene rings is 1. The van der Waals surface area contributed by atoms with Gasteiger partial charge < -0.3 is 26.6 Å². The first-order chi connectivity index (χ1) is 21.7. The predicted octanol–water partition coefficient (Wildman–Crippen LogP) is 4.95. The molecule has 0 radical (unpaired) electrons. The quantitative estimate of drug-likeness (QED) is 0.253. The third-order valence-corrected chi connectivity index (χ3v) is 9.61. The summed E-state index contributed by atoms with van der Waals surface area (Å²) in [4.78, 5) is 66.7. The molecule has 10 nitrogen and oxygen atoms in total. The number of urea groups is 1. The minimum atomic E-state index is -1.08. The Morgan fingerprint density at radius 2 is 1.54 bits per heavy atom. The number of amides is 5. The first-order valence-electron chi connectivity index (χ1n) is 17.3. The number of nitrogens with zero attached hydrogens (tertiary/aromatic N) is 1. The number of carbonyl (C=O) groups is 5. The average molecular weight is 640 g/mol. The van der Waals surface area contributed by atoms with E-state index in [2.05, 4.69) is 48.9 Å².